The van der Waals surface area contributed by atoms with Crippen molar-refractivity contribution >= 4 is 11.9 Å². The zero-order valence-electron chi connectivity index (χ0n) is 64.5. The van der Waals surface area contributed by atoms with Crippen molar-refractivity contribution in [3.63, 3.8) is 0 Å². The van der Waals surface area contributed by atoms with Crippen LogP contribution in [0.15, 0.2) is 48.6 Å². The van der Waals surface area contributed by atoms with E-state index in [1.165, 1.54) is 340 Å². The number of hydrogen-bond acceptors (Lipinski definition) is 10. The molecule has 576 valence electrons. The molecule has 11 heteroatoms. The lowest BCUT2D eigenvalue weighted by Gasteiger charge is -2.40. The molecule has 11 nitrogen and oxygen atoms in total. The Bertz CT molecular complexity index is 1770. The van der Waals surface area contributed by atoms with Gasteiger partial charge in [0.1, 0.15) is 24.4 Å². The minimum atomic E-state index is -1.57. The van der Waals surface area contributed by atoms with Crippen LogP contribution in [-0.2, 0) is 23.8 Å². The summed E-state index contributed by atoms with van der Waals surface area (Å²) in [6.45, 7) is 4.37. The Morgan fingerprint density at radius 3 is 1.06 bits per heavy atom. The van der Waals surface area contributed by atoms with Crippen molar-refractivity contribution in [3.8, 4) is 0 Å². The van der Waals surface area contributed by atoms with Crippen LogP contribution in [0.3, 0.4) is 0 Å². The molecule has 1 fully saturated rings. The highest BCUT2D eigenvalue weighted by atomic mass is 16.7. The number of amides is 1. The summed E-state index contributed by atoms with van der Waals surface area (Å²) in [5.41, 5.74) is 0. The van der Waals surface area contributed by atoms with Gasteiger partial charge in [-0.05, 0) is 89.9 Å². The summed E-state index contributed by atoms with van der Waals surface area (Å²) in [4.78, 5) is 25.2. The van der Waals surface area contributed by atoms with E-state index < -0.39 is 49.5 Å². The van der Waals surface area contributed by atoms with Gasteiger partial charge in [0.25, 0.3) is 0 Å². The van der Waals surface area contributed by atoms with Gasteiger partial charge in [0.2, 0.25) is 5.91 Å². The van der Waals surface area contributed by atoms with Crippen molar-refractivity contribution in [2.45, 2.75) is 474 Å². The second-order valence-corrected chi connectivity index (χ2v) is 29.9. The van der Waals surface area contributed by atoms with E-state index in [0.29, 0.717) is 19.4 Å². The molecule has 98 heavy (non-hydrogen) atoms. The van der Waals surface area contributed by atoms with Crippen molar-refractivity contribution in [3.05, 3.63) is 48.6 Å². The van der Waals surface area contributed by atoms with Crippen LogP contribution in [0.1, 0.15) is 431 Å². The molecule has 1 aliphatic heterocycles. The summed E-state index contributed by atoms with van der Waals surface area (Å²) in [6, 6.07) is -0.807. The van der Waals surface area contributed by atoms with Gasteiger partial charge in [0.15, 0.2) is 6.29 Å². The fourth-order valence-corrected chi connectivity index (χ4v) is 13.7. The first-order valence-electron chi connectivity index (χ1n) is 42.9. The van der Waals surface area contributed by atoms with Gasteiger partial charge in [0.05, 0.1) is 32.0 Å². The minimum Gasteiger partial charge on any atom is -0.466 e. The largest absolute Gasteiger partial charge is 0.466 e. The summed E-state index contributed by atoms with van der Waals surface area (Å²) >= 11 is 0. The van der Waals surface area contributed by atoms with Gasteiger partial charge in [-0.25, -0.2) is 0 Å². The molecule has 0 bridgehead atoms. The summed E-state index contributed by atoms with van der Waals surface area (Å²) in [6.07, 6.45) is 91.7. The number of nitrogens with one attached hydrogen (secondary N) is 1. The molecule has 0 radical (unpaired) electrons. The third kappa shape index (κ3) is 63.3. The van der Waals surface area contributed by atoms with Crippen LogP contribution >= 0.6 is 0 Å². The number of esters is 1. The van der Waals surface area contributed by atoms with Crippen LogP contribution in [0.4, 0.5) is 0 Å². The van der Waals surface area contributed by atoms with Gasteiger partial charge in [-0.1, -0.05) is 377 Å². The third-order valence-electron chi connectivity index (χ3n) is 20.4. The Hall–Kier alpha value is -2.38. The van der Waals surface area contributed by atoms with Gasteiger partial charge >= 0.3 is 5.97 Å². The number of carbonyl (C=O) groups is 2. The van der Waals surface area contributed by atoms with Crippen molar-refractivity contribution < 1.29 is 49.3 Å². The molecule has 1 rings (SSSR count). The smallest absolute Gasteiger partial charge is 0.305 e. The second-order valence-electron chi connectivity index (χ2n) is 29.9. The van der Waals surface area contributed by atoms with Crippen molar-refractivity contribution in [2.75, 3.05) is 19.8 Å². The van der Waals surface area contributed by atoms with E-state index in [2.05, 4.69) is 55.6 Å². The molecule has 1 aliphatic rings. The van der Waals surface area contributed by atoms with E-state index >= 15 is 0 Å². The summed E-state index contributed by atoms with van der Waals surface area (Å²) in [7, 11) is 0. The molecule has 6 N–H and O–H groups in total. The molecular weight excluding hydrogens is 1220 g/mol. The number of aliphatic hydroxyl groups excluding tert-OH is 5. The average Bonchev–Trinajstić information content (AvgIpc) is 0.832. The van der Waals surface area contributed by atoms with Crippen molar-refractivity contribution in [1.82, 2.24) is 5.32 Å². The van der Waals surface area contributed by atoms with Gasteiger partial charge < -0.3 is 45.1 Å². The van der Waals surface area contributed by atoms with Crippen LogP contribution in [0.25, 0.3) is 0 Å². The maximum absolute atomic E-state index is 13.1. The summed E-state index contributed by atoms with van der Waals surface area (Å²) < 4.78 is 16.8. The Labute approximate surface area is 606 Å². The van der Waals surface area contributed by atoms with Crippen LogP contribution in [0.5, 0.6) is 0 Å². The molecule has 0 saturated carbocycles. The molecule has 0 spiro atoms. The van der Waals surface area contributed by atoms with Gasteiger partial charge in [-0.15, -0.1) is 0 Å². The lowest BCUT2D eigenvalue weighted by molar-refractivity contribution is -0.302. The lowest BCUT2D eigenvalue weighted by atomic mass is 9.99. The van der Waals surface area contributed by atoms with E-state index in [9.17, 15) is 35.1 Å². The zero-order chi connectivity index (χ0) is 70.8. The Morgan fingerprint density at radius 1 is 0.378 bits per heavy atom. The first-order chi connectivity index (χ1) is 48.2. The monoisotopic (exact) mass is 1380 g/mol. The predicted octanol–water partition coefficient (Wildman–Crippen LogP) is 23.8. The molecule has 0 aromatic heterocycles. The van der Waals surface area contributed by atoms with E-state index in [0.717, 1.165) is 64.2 Å². The molecule has 0 aliphatic carbocycles. The topological polar surface area (TPSA) is 175 Å². The Kier molecular flexibility index (Phi) is 72.4. The Balaban J connectivity index is 1.85. The first-order valence-corrected chi connectivity index (χ1v) is 42.9. The third-order valence-corrected chi connectivity index (χ3v) is 20.4. The highest BCUT2D eigenvalue weighted by Gasteiger charge is 2.44. The maximum Gasteiger partial charge on any atom is 0.305 e. The maximum atomic E-state index is 13.1. The molecule has 0 aromatic rings. The van der Waals surface area contributed by atoms with Gasteiger partial charge in [0, 0.05) is 12.8 Å². The number of rotatable bonds is 77. The number of allylic oxidation sites excluding steroid dienone is 7. The standard InChI is InChI=1S/C87H163NO10/c1-3-5-7-9-11-13-15-17-18-19-41-45-48-51-55-59-63-67-71-75-83(92)96-76-72-68-64-60-56-52-49-46-43-40-38-36-34-32-30-28-26-24-22-20-21-23-25-27-29-31-33-35-37-39-42-44-47-50-54-58-62-66-70-74-82(91)88-79(78-97-87-86(95)85(94)84(93)81(77-89)98-87)80(90)73-69-65-61-57-53-16-14-12-10-8-6-4-2/h11,13,17-18,20-21,69,73,79-81,84-87,89-90,93-95H,3-10,12,14-16,19,22-68,70-72,74-78H2,1-2H3,(H,88,91)/b13-11-,18-17-,21-20-,73-69+. The van der Waals surface area contributed by atoms with E-state index in [1.807, 2.05) is 6.08 Å². The average molecular weight is 1380 g/mol. The molecule has 1 heterocycles. The van der Waals surface area contributed by atoms with Gasteiger partial charge in [-0.3, -0.25) is 9.59 Å². The summed E-state index contributed by atoms with van der Waals surface area (Å²) in [5, 5.41) is 54.6. The number of carbonyl (C=O) groups excluding carboxylic acids is 2. The lowest BCUT2D eigenvalue weighted by Crippen LogP contribution is -2.60. The van der Waals surface area contributed by atoms with E-state index in [1.54, 1.807) is 6.08 Å². The van der Waals surface area contributed by atoms with Crippen LogP contribution < -0.4 is 5.32 Å². The fraction of sp³-hybridized carbons (Fsp3) is 0.885. The highest BCUT2D eigenvalue weighted by Crippen LogP contribution is 2.24. The van der Waals surface area contributed by atoms with Crippen LogP contribution in [0, 0.1) is 0 Å². The highest BCUT2D eigenvalue weighted by molar-refractivity contribution is 5.76. The van der Waals surface area contributed by atoms with Crippen LogP contribution in [-0.4, -0.2) is 100 Å². The zero-order valence-corrected chi connectivity index (χ0v) is 64.5. The van der Waals surface area contributed by atoms with Crippen molar-refractivity contribution in [2.24, 2.45) is 0 Å². The molecule has 7 unspecified atom stereocenters. The van der Waals surface area contributed by atoms with Crippen LogP contribution in [0.2, 0.25) is 0 Å². The Morgan fingerprint density at radius 2 is 0.684 bits per heavy atom. The number of ether oxygens (including phenoxy) is 3. The summed E-state index contributed by atoms with van der Waals surface area (Å²) in [5.74, 6) is -0.162. The number of hydrogen-bond donors (Lipinski definition) is 6. The molecule has 0 aromatic carbocycles. The second kappa shape index (κ2) is 75.8. The minimum absolute atomic E-state index is 0.0136. The first kappa shape index (κ1) is 93.6. The molecule has 1 saturated heterocycles. The predicted molar refractivity (Wildman–Crippen MR) is 417 cm³/mol. The van der Waals surface area contributed by atoms with Gasteiger partial charge in [-0.2, -0.15) is 0 Å². The quantitative estimate of drug-likeness (QED) is 0.0195. The normalized spacial score (nSPS) is 17.4. The fourth-order valence-electron chi connectivity index (χ4n) is 13.7. The number of unbranched alkanes of at least 4 members (excludes halogenated alkanes) is 57. The molecule has 7 atom stereocenters. The van der Waals surface area contributed by atoms with E-state index in [4.69, 9.17) is 14.2 Å². The molecular formula is C87H163NO10. The van der Waals surface area contributed by atoms with E-state index in [-0.39, 0.29) is 18.5 Å². The SMILES string of the molecule is CCCCC/C=C\C/C=C\CCCCCCCCCCCC(=O)OCCCCCCCCCCCCCCCCCCCC/C=C\CCCCCCCCCCCCCCCCCCCC(=O)NC(COC1OC(CO)C(O)C(O)C1O)C(O)/C=C/CCCCCCCCCCCC. The number of aliphatic hydroxyl groups is 5. The molecule has 1 amide bonds. The van der Waals surface area contributed by atoms with Crippen molar-refractivity contribution in [1.29, 1.82) is 0 Å².